The van der Waals surface area contributed by atoms with Gasteiger partial charge in [0.2, 0.25) is 0 Å². The Morgan fingerprint density at radius 3 is 0.800 bits per heavy atom. The van der Waals surface area contributed by atoms with Crippen LogP contribution in [0.15, 0.2) is 97.1 Å². The summed E-state index contributed by atoms with van der Waals surface area (Å²) >= 11 is 0. The fourth-order valence-electron chi connectivity index (χ4n) is 7.75. The Hall–Kier alpha value is -6.68. The molecule has 0 aliphatic rings. The van der Waals surface area contributed by atoms with E-state index in [1.54, 1.807) is 56.9 Å². The van der Waals surface area contributed by atoms with Crippen molar-refractivity contribution in [2.45, 2.75) is 6.42 Å². The van der Waals surface area contributed by atoms with E-state index < -0.39 is 0 Å². The number of nitrogens with zero attached hydrogens (tertiary/aromatic N) is 2. The second-order valence-corrected chi connectivity index (χ2v) is 13.0. The molecule has 0 saturated heterocycles. The van der Waals surface area contributed by atoms with Crippen molar-refractivity contribution in [1.82, 2.24) is 9.13 Å². The molecule has 0 amide bonds. The molecule has 8 rings (SSSR count). The predicted molar refractivity (Wildman–Crippen MR) is 217 cm³/mol. The van der Waals surface area contributed by atoms with Gasteiger partial charge in [0, 0.05) is 63.4 Å². The van der Waals surface area contributed by atoms with Crippen LogP contribution in [0.1, 0.15) is 11.1 Å². The van der Waals surface area contributed by atoms with E-state index in [1.807, 2.05) is 72.8 Å². The number of rotatable bonds is 12. The first kappa shape index (κ1) is 35.4. The largest absolute Gasteiger partial charge is 0.497 e. The molecule has 0 N–H and O–H groups in total. The molecule has 0 unspecified atom stereocenters. The van der Waals surface area contributed by atoms with Gasteiger partial charge in [0.05, 0.1) is 90.3 Å². The van der Waals surface area contributed by atoms with Crippen LogP contribution in [0, 0.1) is 0 Å². The Morgan fingerprint density at radius 2 is 0.582 bits per heavy atom. The van der Waals surface area contributed by atoms with Crippen molar-refractivity contribution in [2.24, 2.45) is 0 Å². The van der Waals surface area contributed by atoms with Crippen LogP contribution in [0.3, 0.4) is 0 Å². The molecule has 6 aromatic carbocycles. The molecule has 0 radical (unpaired) electrons. The van der Waals surface area contributed by atoms with Gasteiger partial charge in [-0.25, -0.2) is 0 Å². The molecule has 0 fully saturated rings. The van der Waals surface area contributed by atoms with Crippen LogP contribution in [0.5, 0.6) is 46.0 Å². The van der Waals surface area contributed by atoms with Gasteiger partial charge in [-0.2, -0.15) is 0 Å². The van der Waals surface area contributed by atoms with Crippen molar-refractivity contribution < 1.29 is 37.9 Å². The molecule has 55 heavy (non-hydrogen) atoms. The Kier molecular flexibility index (Phi) is 9.18. The van der Waals surface area contributed by atoms with Gasteiger partial charge in [-0.05, 0) is 72.8 Å². The second-order valence-electron chi connectivity index (χ2n) is 13.0. The Bertz CT molecular complexity index is 2390. The first-order chi connectivity index (χ1) is 26.9. The van der Waals surface area contributed by atoms with Crippen molar-refractivity contribution >= 4 is 43.6 Å². The van der Waals surface area contributed by atoms with Crippen LogP contribution < -0.4 is 37.9 Å². The number of hydrogen-bond acceptors (Lipinski definition) is 8. The summed E-state index contributed by atoms with van der Waals surface area (Å²) in [4.78, 5) is 0. The highest BCUT2D eigenvalue weighted by Crippen LogP contribution is 2.44. The maximum absolute atomic E-state index is 6.12. The van der Waals surface area contributed by atoms with Crippen molar-refractivity contribution in [2.75, 3.05) is 56.9 Å². The molecule has 2 aromatic heterocycles. The predicted octanol–water partition coefficient (Wildman–Crippen LogP) is 9.54. The standard InChI is InChI=1S/C45H42N2O8/c1-48-28-9-13-38-32(21-28)33-22-29(49-2)10-14-39(33)46(38)26-17-42(52-5)36(43(18-26)53-6)25-37-44(54-7)19-27(20-45(37)55-8)47-40-15-11-30(50-3)23-34(40)35-24-31(51-4)12-16-41(35)47/h9-24H,25H2,1-8H3. The molecule has 0 saturated carbocycles. The van der Waals surface area contributed by atoms with Crippen LogP contribution in [0.2, 0.25) is 0 Å². The van der Waals surface area contributed by atoms with Crippen molar-refractivity contribution in [3.63, 3.8) is 0 Å². The van der Waals surface area contributed by atoms with E-state index in [9.17, 15) is 0 Å². The minimum Gasteiger partial charge on any atom is -0.497 e. The lowest BCUT2D eigenvalue weighted by atomic mass is 9.99. The highest BCUT2D eigenvalue weighted by Gasteiger charge is 2.24. The van der Waals surface area contributed by atoms with E-state index in [4.69, 9.17) is 37.9 Å². The van der Waals surface area contributed by atoms with Crippen LogP contribution in [0.4, 0.5) is 0 Å². The van der Waals surface area contributed by atoms with Gasteiger partial charge >= 0.3 is 0 Å². The van der Waals surface area contributed by atoms with Gasteiger partial charge in [0.15, 0.2) is 0 Å². The van der Waals surface area contributed by atoms with E-state index in [-0.39, 0.29) is 0 Å². The van der Waals surface area contributed by atoms with Gasteiger partial charge in [-0.15, -0.1) is 0 Å². The highest BCUT2D eigenvalue weighted by molar-refractivity contribution is 6.11. The lowest BCUT2D eigenvalue weighted by Crippen LogP contribution is -2.05. The molecule has 0 aliphatic heterocycles. The third-order valence-corrected chi connectivity index (χ3v) is 10.4. The monoisotopic (exact) mass is 738 g/mol. The summed E-state index contributed by atoms with van der Waals surface area (Å²) in [6.07, 6.45) is 0.405. The number of ether oxygens (including phenoxy) is 8. The summed E-state index contributed by atoms with van der Waals surface area (Å²) in [6, 6.07) is 32.5. The first-order valence-corrected chi connectivity index (χ1v) is 17.7. The Morgan fingerprint density at radius 1 is 0.327 bits per heavy atom. The minimum atomic E-state index is 0.405. The molecule has 0 aliphatic carbocycles. The molecule has 0 spiro atoms. The van der Waals surface area contributed by atoms with E-state index >= 15 is 0 Å². The van der Waals surface area contributed by atoms with Crippen LogP contribution in [-0.2, 0) is 6.42 Å². The maximum atomic E-state index is 6.12. The zero-order valence-electron chi connectivity index (χ0n) is 32.1. The van der Waals surface area contributed by atoms with Crippen molar-refractivity contribution in [1.29, 1.82) is 0 Å². The van der Waals surface area contributed by atoms with E-state index in [0.29, 0.717) is 29.4 Å². The SMILES string of the molecule is COc1ccc2c(c1)c1cc(OC)ccc1n2-c1cc(OC)c(Cc2c(OC)cc(-n3c4ccc(OC)cc4c4cc(OC)ccc43)cc2OC)c(OC)c1. The average molecular weight is 739 g/mol. The van der Waals surface area contributed by atoms with Crippen LogP contribution in [-0.4, -0.2) is 66.0 Å². The first-order valence-electron chi connectivity index (χ1n) is 17.7. The summed E-state index contributed by atoms with van der Waals surface area (Å²) in [5, 5.41) is 4.13. The quantitative estimate of drug-likeness (QED) is 0.123. The van der Waals surface area contributed by atoms with E-state index in [2.05, 4.69) is 33.4 Å². The number of aromatic nitrogens is 2. The normalized spacial score (nSPS) is 11.3. The zero-order chi connectivity index (χ0) is 38.4. The highest BCUT2D eigenvalue weighted by atomic mass is 16.5. The minimum absolute atomic E-state index is 0.405. The molecule has 2 heterocycles. The fourth-order valence-corrected chi connectivity index (χ4v) is 7.75. The molecular formula is C45H42N2O8. The van der Waals surface area contributed by atoms with Gasteiger partial charge in [0.25, 0.3) is 0 Å². The lowest BCUT2D eigenvalue weighted by Gasteiger charge is -2.20. The van der Waals surface area contributed by atoms with Crippen molar-refractivity contribution in [3.05, 3.63) is 108 Å². The summed E-state index contributed by atoms with van der Waals surface area (Å²) in [7, 11) is 13.4. The van der Waals surface area contributed by atoms with Gasteiger partial charge in [0.1, 0.15) is 46.0 Å². The maximum Gasteiger partial charge on any atom is 0.128 e. The van der Waals surface area contributed by atoms with Gasteiger partial charge < -0.3 is 47.0 Å². The average Bonchev–Trinajstić information content (AvgIpc) is 3.74. The number of hydrogen-bond donors (Lipinski definition) is 0. The van der Waals surface area contributed by atoms with Crippen LogP contribution in [0.25, 0.3) is 55.0 Å². The number of fused-ring (bicyclic) bond motifs is 6. The lowest BCUT2D eigenvalue weighted by molar-refractivity contribution is 0.377. The van der Waals surface area contributed by atoms with E-state index in [0.717, 1.165) is 89.1 Å². The Balaban J connectivity index is 1.28. The summed E-state index contributed by atoms with van der Waals surface area (Å²) in [6.45, 7) is 0. The third-order valence-electron chi connectivity index (χ3n) is 10.4. The molecule has 10 nitrogen and oxygen atoms in total. The number of methoxy groups -OCH3 is 8. The second kappa shape index (κ2) is 14.3. The van der Waals surface area contributed by atoms with Crippen molar-refractivity contribution in [3.8, 4) is 57.4 Å². The Labute approximate surface area is 318 Å². The molecule has 0 bridgehead atoms. The number of benzene rings is 6. The van der Waals surface area contributed by atoms with Gasteiger partial charge in [-0.3, -0.25) is 0 Å². The summed E-state index contributed by atoms with van der Waals surface area (Å²) in [5.74, 6) is 5.71. The molecule has 8 aromatic rings. The molecule has 280 valence electrons. The molecule has 0 atom stereocenters. The van der Waals surface area contributed by atoms with Gasteiger partial charge in [-0.1, -0.05) is 0 Å². The molecule has 10 heteroatoms. The third kappa shape index (κ3) is 5.81. The summed E-state index contributed by atoms with van der Waals surface area (Å²) in [5.41, 5.74) is 7.45. The topological polar surface area (TPSA) is 83.7 Å². The van der Waals surface area contributed by atoms with E-state index in [1.165, 1.54) is 0 Å². The van der Waals surface area contributed by atoms with Crippen LogP contribution >= 0.6 is 0 Å². The summed E-state index contributed by atoms with van der Waals surface area (Å²) < 4.78 is 51.3. The zero-order valence-corrected chi connectivity index (χ0v) is 32.1. The fraction of sp³-hybridized carbons (Fsp3) is 0.200. The molecular weight excluding hydrogens is 697 g/mol. The smallest absolute Gasteiger partial charge is 0.128 e.